The maximum atomic E-state index is 10.4. The van der Waals surface area contributed by atoms with Crippen LogP contribution in [0.1, 0.15) is 11.1 Å². The van der Waals surface area contributed by atoms with Crippen LogP contribution in [0.5, 0.6) is 34.5 Å². The Morgan fingerprint density at radius 3 is 2.33 bits per heavy atom. The van der Waals surface area contributed by atoms with Gasteiger partial charge in [0.25, 0.3) is 0 Å². The Bertz CT molecular complexity index is 1110. The summed E-state index contributed by atoms with van der Waals surface area (Å²) < 4.78 is 5.78. The van der Waals surface area contributed by atoms with Gasteiger partial charge in [0.05, 0.1) is 0 Å². The smallest absolute Gasteiger partial charge is 0.201 e. The zero-order valence-electron chi connectivity index (χ0n) is 13.8. The van der Waals surface area contributed by atoms with Crippen molar-refractivity contribution in [3.8, 4) is 45.6 Å². The van der Waals surface area contributed by atoms with Crippen LogP contribution in [0.4, 0.5) is 0 Å². The molecule has 0 saturated carbocycles. The van der Waals surface area contributed by atoms with Crippen molar-refractivity contribution in [3.63, 3.8) is 0 Å². The number of aromatic hydroxyl groups is 5. The molecular weight excluding hydrogens is 368 g/mol. The molecule has 2 heterocycles. The van der Waals surface area contributed by atoms with Crippen LogP contribution in [0.2, 0.25) is 0 Å². The summed E-state index contributed by atoms with van der Waals surface area (Å²) >= 11 is 1.40. The van der Waals surface area contributed by atoms with Crippen molar-refractivity contribution in [3.05, 3.63) is 58.8 Å². The van der Waals surface area contributed by atoms with E-state index in [2.05, 4.69) is 6.58 Å². The van der Waals surface area contributed by atoms with Crippen molar-refractivity contribution in [1.29, 1.82) is 0 Å². The number of hydrogen-bond donors (Lipinski definition) is 5. The Balaban J connectivity index is 1.95. The van der Waals surface area contributed by atoms with Gasteiger partial charge in [-0.25, -0.2) is 0 Å². The third-order valence-corrected chi connectivity index (χ3v) is 4.99. The van der Waals surface area contributed by atoms with Crippen molar-refractivity contribution < 1.29 is 30.3 Å². The number of thiophene rings is 1. The van der Waals surface area contributed by atoms with Gasteiger partial charge in [-0.2, -0.15) is 11.3 Å². The van der Waals surface area contributed by atoms with Crippen LogP contribution in [0.25, 0.3) is 22.5 Å². The van der Waals surface area contributed by atoms with E-state index in [-0.39, 0.29) is 28.4 Å². The van der Waals surface area contributed by atoms with Crippen LogP contribution in [0.15, 0.2) is 47.7 Å². The Labute approximate surface area is 157 Å². The first-order chi connectivity index (χ1) is 12.9. The number of phenols is 5. The predicted molar refractivity (Wildman–Crippen MR) is 102 cm³/mol. The first-order valence-corrected chi connectivity index (χ1v) is 8.77. The van der Waals surface area contributed by atoms with E-state index in [4.69, 9.17) is 4.74 Å². The molecule has 136 valence electrons. The van der Waals surface area contributed by atoms with E-state index in [9.17, 15) is 25.5 Å². The minimum absolute atomic E-state index is 0.0147. The van der Waals surface area contributed by atoms with Gasteiger partial charge < -0.3 is 30.3 Å². The summed E-state index contributed by atoms with van der Waals surface area (Å²) in [6, 6.07) is 5.89. The normalized spacial score (nSPS) is 13.0. The van der Waals surface area contributed by atoms with Crippen LogP contribution >= 0.6 is 11.3 Å². The van der Waals surface area contributed by atoms with Crippen LogP contribution < -0.4 is 4.74 Å². The Morgan fingerprint density at radius 1 is 0.852 bits per heavy atom. The third-order valence-electron chi connectivity index (χ3n) is 4.30. The number of hydrogen-bond acceptors (Lipinski definition) is 7. The zero-order valence-corrected chi connectivity index (χ0v) is 14.6. The minimum atomic E-state index is -0.643. The summed E-state index contributed by atoms with van der Waals surface area (Å²) in [4.78, 5) is 0. The first-order valence-electron chi connectivity index (χ1n) is 7.83. The van der Waals surface area contributed by atoms with Gasteiger partial charge in [0, 0.05) is 16.7 Å². The molecule has 1 aromatic heterocycles. The van der Waals surface area contributed by atoms with Crippen molar-refractivity contribution in [2.75, 3.05) is 0 Å². The molecule has 5 N–H and O–H groups in total. The van der Waals surface area contributed by atoms with Crippen molar-refractivity contribution >= 4 is 22.7 Å². The monoisotopic (exact) mass is 382 g/mol. The summed E-state index contributed by atoms with van der Waals surface area (Å²) in [5, 5.41) is 53.8. The van der Waals surface area contributed by atoms with Gasteiger partial charge in [-0.1, -0.05) is 6.58 Å². The van der Waals surface area contributed by atoms with Crippen molar-refractivity contribution in [1.82, 2.24) is 0 Å². The summed E-state index contributed by atoms with van der Waals surface area (Å²) in [5.41, 5.74) is 2.16. The van der Waals surface area contributed by atoms with Crippen LogP contribution in [-0.4, -0.2) is 25.5 Å². The van der Waals surface area contributed by atoms with Gasteiger partial charge in [-0.05, 0) is 52.2 Å². The maximum Gasteiger partial charge on any atom is 0.201 e. The summed E-state index contributed by atoms with van der Waals surface area (Å²) in [5.74, 6) is -2.26. The summed E-state index contributed by atoms with van der Waals surface area (Å²) in [7, 11) is 0. The van der Waals surface area contributed by atoms with E-state index in [0.717, 1.165) is 0 Å². The van der Waals surface area contributed by atoms with E-state index in [1.54, 1.807) is 29.0 Å². The highest BCUT2D eigenvalue weighted by molar-refractivity contribution is 7.08. The summed E-state index contributed by atoms with van der Waals surface area (Å²) in [6.45, 7) is 3.94. The molecule has 0 unspecified atom stereocenters. The fraction of sp³-hybridized carbons (Fsp3) is 0. The van der Waals surface area contributed by atoms with Crippen molar-refractivity contribution in [2.24, 2.45) is 0 Å². The first kappa shape index (κ1) is 16.9. The van der Waals surface area contributed by atoms with Crippen LogP contribution in [0, 0.1) is 0 Å². The molecule has 0 fully saturated rings. The Morgan fingerprint density at radius 2 is 1.63 bits per heavy atom. The molecular formula is C20H14O6S. The average molecular weight is 382 g/mol. The topological polar surface area (TPSA) is 110 Å². The van der Waals surface area contributed by atoms with Gasteiger partial charge in [-0.3, -0.25) is 0 Å². The molecule has 6 nitrogen and oxygen atoms in total. The molecule has 0 atom stereocenters. The van der Waals surface area contributed by atoms with E-state index in [1.165, 1.54) is 23.5 Å². The number of phenolic OH excluding ortho intramolecular Hbond substituents is 5. The highest BCUT2D eigenvalue weighted by Crippen LogP contribution is 2.51. The lowest BCUT2D eigenvalue weighted by molar-refractivity contribution is 0.367. The highest BCUT2D eigenvalue weighted by atomic mass is 32.1. The SMILES string of the molecule is C=C1C=C(c2cc(O)c(O)c(O)c2-c2ccsc2)Oc2c1ccc(O)c2O. The number of ether oxygens (including phenoxy) is 1. The number of benzene rings is 2. The molecule has 0 spiro atoms. The van der Waals surface area contributed by atoms with Gasteiger partial charge in [0.15, 0.2) is 23.0 Å². The lowest BCUT2D eigenvalue weighted by Crippen LogP contribution is -2.05. The van der Waals surface area contributed by atoms with Crippen LogP contribution in [0.3, 0.4) is 0 Å². The molecule has 0 amide bonds. The molecule has 0 saturated heterocycles. The maximum absolute atomic E-state index is 10.4. The van der Waals surface area contributed by atoms with E-state index in [0.29, 0.717) is 16.7 Å². The minimum Gasteiger partial charge on any atom is -0.504 e. The Kier molecular flexibility index (Phi) is 3.75. The molecule has 0 bridgehead atoms. The van der Waals surface area contributed by atoms with E-state index in [1.807, 2.05) is 0 Å². The second-order valence-electron chi connectivity index (χ2n) is 5.97. The predicted octanol–water partition coefficient (Wildman–Crippen LogP) is 4.39. The van der Waals surface area contributed by atoms with Crippen molar-refractivity contribution in [2.45, 2.75) is 0 Å². The lowest BCUT2D eigenvalue weighted by atomic mass is 9.94. The van der Waals surface area contributed by atoms with E-state index < -0.39 is 23.0 Å². The average Bonchev–Trinajstić information content (AvgIpc) is 3.16. The molecule has 1 aliphatic heterocycles. The van der Waals surface area contributed by atoms with Gasteiger partial charge in [0.2, 0.25) is 11.5 Å². The molecule has 0 radical (unpaired) electrons. The standard InChI is InChI=1S/C20H14O6S/c1-9-6-15(26-20-11(9)2-3-13(21)18(20)24)12-7-14(22)17(23)19(25)16(12)10-4-5-27-8-10/h2-8,21-25H,1H2. The molecule has 0 aliphatic carbocycles. The van der Waals surface area contributed by atoms with Gasteiger partial charge in [-0.15, -0.1) is 0 Å². The van der Waals surface area contributed by atoms with E-state index >= 15 is 0 Å². The highest BCUT2D eigenvalue weighted by Gasteiger charge is 2.27. The second-order valence-corrected chi connectivity index (χ2v) is 6.75. The van der Waals surface area contributed by atoms with Gasteiger partial charge in [0.1, 0.15) is 5.76 Å². The molecule has 4 rings (SSSR count). The fourth-order valence-corrected chi connectivity index (χ4v) is 3.61. The number of rotatable bonds is 2. The van der Waals surface area contributed by atoms with Crippen LogP contribution in [-0.2, 0) is 0 Å². The molecule has 7 heteroatoms. The molecule has 2 aromatic carbocycles. The zero-order chi connectivity index (χ0) is 19.3. The largest absolute Gasteiger partial charge is 0.504 e. The molecule has 27 heavy (non-hydrogen) atoms. The lowest BCUT2D eigenvalue weighted by Gasteiger charge is -2.23. The number of allylic oxidation sites excluding steroid dienone is 2. The summed E-state index contributed by atoms with van der Waals surface area (Å²) in [6.07, 6.45) is 1.58. The quantitative estimate of drug-likeness (QED) is 0.421. The second kappa shape index (κ2) is 6.00. The molecule has 1 aliphatic rings. The van der Waals surface area contributed by atoms with Gasteiger partial charge >= 0.3 is 0 Å². The fourth-order valence-electron chi connectivity index (χ4n) is 2.96. The molecule has 3 aromatic rings. The Hall–Kier alpha value is -3.58. The number of fused-ring (bicyclic) bond motifs is 1. The third kappa shape index (κ3) is 2.56.